The number of hydrogen-bond acceptors (Lipinski definition) is 4. The molecule has 3 saturated heterocycles. The standard InChI is InChI=1S/C25H38FN3O2/c26-23-17-21(29-22(10-12-25(29)30)19-28-14-4-1-5-15-28)9-11-24(23)31-16-6-8-20-7-2-3-13-27-18-20/h9,11,17,20,22,27H,1-8,10,12-16,18-19H2. The Morgan fingerprint density at radius 2 is 1.97 bits per heavy atom. The van der Waals surface area contributed by atoms with Gasteiger partial charge in [-0.2, -0.15) is 0 Å². The molecule has 0 radical (unpaired) electrons. The van der Waals surface area contributed by atoms with Gasteiger partial charge in [-0.3, -0.25) is 4.79 Å². The highest BCUT2D eigenvalue weighted by Gasteiger charge is 2.34. The van der Waals surface area contributed by atoms with Crippen LogP contribution in [-0.2, 0) is 4.79 Å². The number of likely N-dealkylation sites (tertiary alicyclic amines) is 1. The molecular formula is C25H38FN3O2. The topological polar surface area (TPSA) is 44.8 Å². The number of anilines is 1. The fraction of sp³-hybridized carbons (Fsp3) is 0.720. The van der Waals surface area contributed by atoms with Crippen LogP contribution in [0.2, 0.25) is 0 Å². The molecule has 5 nitrogen and oxygen atoms in total. The van der Waals surface area contributed by atoms with Crippen molar-refractivity contribution in [1.82, 2.24) is 10.2 Å². The molecule has 2 atom stereocenters. The Morgan fingerprint density at radius 3 is 2.81 bits per heavy atom. The van der Waals surface area contributed by atoms with Crippen LogP contribution in [0, 0.1) is 11.7 Å². The van der Waals surface area contributed by atoms with Crippen molar-refractivity contribution in [2.24, 2.45) is 5.92 Å². The van der Waals surface area contributed by atoms with Crippen LogP contribution < -0.4 is 15.0 Å². The summed E-state index contributed by atoms with van der Waals surface area (Å²) in [6.07, 6.45) is 11.1. The highest BCUT2D eigenvalue weighted by molar-refractivity contribution is 5.96. The van der Waals surface area contributed by atoms with Crippen molar-refractivity contribution < 1.29 is 13.9 Å². The number of piperidine rings is 1. The Bertz CT molecular complexity index is 715. The molecular weight excluding hydrogens is 393 g/mol. The molecule has 31 heavy (non-hydrogen) atoms. The smallest absolute Gasteiger partial charge is 0.227 e. The lowest BCUT2D eigenvalue weighted by Gasteiger charge is -2.33. The molecule has 0 saturated carbocycles. The molecule has 0 aliphatic carbocycles. The average Bonchev–Trinajstić information content (AvgIpc) is 2.97. The largest absolute Gasteiger partial charge is 0.491 e. The second kappa shape index (κ2) is 11.3. The Labute approximate surface area is 186 Å². The van der Waals surface area contributed by atoms with Crippen LogP contribution in [0.25, 0.3) is 0 Å². The lowest BCUT2D eigenvalue weighted by molar-refractivity contribution is -0.117. The summed E-state index contributed by atoms with van der Waals surface area (Å²) in [5.41, 5.74) is 0.666. The number of nitrogens with zero attached hydrogens (tertiary/aromatic N) is 2. The normalized spacial score (nSPS) is 25.6. The van der Waals surface area contributed by atoms with Gasteiger partial charge in [-0.25, -0.2) is 4.39 Å². The molecule has 1 aromatic carbocycles. The SMILES string of the molecule is O=C1CCC(CN2CCCCC2)N1c1ccc(OCCCC2CCCCNC2)c(F)c1. The zero-order valence-corrected chi connectivity index (χ0v) is 18.8. The molecule has 3 aliphatic heterocycles. The maximum absolute atomic E-state index is 14.8. The van der Waals surface area contributed by atoms with Crippen LogP contribution in [0.1, 0.15) is 64.2 Å². The second-order valence-corrected chi connectivity index (χ2v) is 9.49. The minimum absolute atomic E-state index is 0.104. The Kier molecular flexibility index (Phi) is 8.20. The molecule has 172 valence electrons. The summed E-state index contributed by atoms with van der Waals surface area (Å²) in [7, 11) is 0. The third-order valence-corrected chi connectivity index (χ3v) is 7.10. The van der Waals surface area contributed by atoms with Crippen molar-refractivity contribution >= 4 is 11.6 Å². The summed E-state index contributed by atoms with van der Waals surface area (Å²) in [6, 6.07) is 5.17. The molecule has 0 aromatic heterocycles. The van der Waals surface area contributed by atoms with E-state index in [1.54, 1.807) is 6.07 Å². The van der Waals surface area contributed by atoms with E-state index in [0.717, 1.165) is 52.0 Å². The van der Waals surface area contributed by atoms with Crippen LogP contribution in [-0.4, -0.2) is 56.2 Å². The molecule has 6 heteroatoms. The third-order valence-electron chi connectivity index (χ3n) is 7.10. The predicted molar refractivity (Wildman–Crippen MR) is 122 cm³/mol. The number of nitrogens with one attached hydrogen (secondary N) is 1. The molecule has 1 aromatic rings. The summed E-state index contributed by atoms with van der Waals surface area (Å²) in [5.74, 6) is 0.732. The summed E-state index contributed by atoms with van der Waals surface area (Å²) in [5, 5.41) is 3.49. The minimum atomic E-state index is -0.370. The number of hydrogen-bond donors (Lipinski definition) is 1. The van der Waals surface area contributed by atoms with Gasteiger partial charge in [0, 0.05) is 24.7 Å². The fourth-order valence-electron chi connectivity index (χ4n) is 5.36. The number of carbonyl (C=O) groups excluding carboxylic acids is 1. The molecule has 1 amide bonds. The van der Waals surface area contributed by atoms with Crippen LogP contribution in [0.15, 0.2) is 18.2 Å². The third kappa shape index (κ3) is 6.19. The van der Waals surface area contributed by atoms with Crippen molar-refractivity contribution in [1.29, 1.82) is 0 Å². The molecule has 4 rings (SSSR count). The van der Waals surface area contributed by atoms with E-state index >= 15 is 0 Å². The first-order chi connectivity index (χ1) is 15.2. The molecule has 0 spiro atoms. The van der Waals surface area contributed by atoms with Crippen LogP contribution >= 0.6 is 0 Å². The van der Waals surface area contributed by atoms with E-state index < -0.39 is 0 Å². The maximum Gasteiger partial charge on any atom is 0.227 e. The quantitative estimate of drug-likeness (QED) is 0.622. The number of ether oxygens (including phenoxy) is 1. The first kappa shape index (κ1) is 22.5. The van der Waals surface area contributed by atoms with Gasteiger partial charge in [0.25, 0.3) is 0 Å². The summed E-state index contributed by atoms with van der Waals surface area (Å²) in [6.45, 7) is 5.86. The molecule has 3 heterocycles. The Morgan fingerprint density at radius 1 is 1.10 bits per heavy atom. The van der Waals surface area contributed by atoms with Crippen LogP contribution in [0.4, 0.5) is 10.1 Å². The number of rotatable bonds is 8. The summed E-state index contributed by atoms with van der Waals surface area (Å²) in [4.78, 5) is 16.8. The Balaban J connectivity index is 1.30. The van der Waals surface area contributed by atoms with Gasteiger partial charge < -0.3 is 19.9 Å². The van der Waals surface area contributed by atoms with E-state index in [1.165, 1.54) is 44.6 Å². The fourth-order valence-corrected chi connectivity index (χ4v) is 5.36. The van der Waals surface area contributed by atoms with Gasteiger partial charge in [0.05, 0.1) is 12.6 Å². The van der Waals surface area contributed by atoms with Crippen molar-refractivity contribution in [2.45, 2.75) is 70.3 Å². The van der Waals surface area contributed by atoms with Crippen LogP contribution in [0.3, 0.4) is 0 Å². The van der Waals surface area contributed by atoms with Gasteiger partial charge >= 0.3 is 0 Å². The summed E-state index contributed by atoms with van der Waals surface area (Å²) < 4.78 is 20.5. The van der Waals surface area contributed by atoms with E-state index in [-0.39, 0.29) is 17.8 Å². The maximum atomic E-state index is 14.8. The predicted octanol–water partition coefficient (Wildman–Crippen LogP) is 4.36. The average molecular weight is 432 g/mol. The molecule has 3 aliphatic rings. The van der Waals surface area contributed by atoms with Crippen molar-refractivity contribution in [2.75, 3.05) is 44.2 Å². The first-order valence-corrected chi connectivity index (χ1v) is 12.4. The number of amides is 1. The second-order valence-electron chi connectivity index (χ2n) is 9.49. The molecule has 3 fully saturated rings. The minimum Gasteiger partial charge on any atom is -0.491 e. The highest BCUT2D eigenvalue weighted by atomic mass is 19.1. The zero-order valence-electron chi connectivity index (χ0n) is 18.8. The van der Waals surface area contributed by atoms with E-state index in [9.17, 15) is 9.18 Å². The van der Waals surface area contributed by atoms with Crippen LogP contribution in [0.5, 0.6) is 5.75 Å². The number of halogens is 1. The van der Waals surface area contributed by atoms with Crippen molar-refractivity contribution in [3.8, 4) is 5.75 Å². The monoisotopic (exact) mass is 431 g/mol. The van der Waals surface area contributed by atoms with E-state index in [1.807, 2.05) is 11.0 Å². The lowest BCUT2D eigenvalue weighted by atomic mass is 9.98. The van der Waals surface area contributed by atoms with Crippen molar-refractivity contribution in [3.05, 3.63) is 24.0 Å². The van der Waals surface area contributed by atoms with E-state index in [0.29, 0.717) is 30.4 Å². The van der Waals surface area contributed by atoms with Gasteiger partial charge in [0.15, 0.2) is 11.6 Å². The van der Waals surface area contributed by atoms with Gasteiger partial charge in [0.1, 0.15) is 0 Å². The summed E-state index contributed by atoms with van der Waals surface area (Å²) >= 11 is 0. The molecule has 2 unspecified atom stereocenters. The first-order valence-electron chi connectivity index (χ1n) is 12.4. The van der Waals surface area contributed by atoms with Gasteiger partial charge in [-0.05, 0) is 89.2 Å². The zero-order chi connectivity index (χ0) is 21.5. The van der Waals surface area contributed by atoms with E-state index in [4.69, 9.17) is 4.74 Å². The number of benzene rings is 1. The molecule has 1 N–H and O–H groups in total. The van der Waals surface area contributed by atoms with E-state index in [2.05, 4.69) is 10.2 Å². The lowest BCUT2D eigenvalue weighted by Crippen LogP contribution is -2.43. The van der Waals surface area contributed by atoms with Gasteiger partial charge in [0.2, 0.25) is 5.91 Å². The van der Waals surface area contributed by atoms with Gasteiger partial charge in [-0.15, -0.1) is 0 Å². The van der Waals surface area contributed by atoms with Crippen molar-refractivity contribution in [3.63, 3.8) is 0 Å². The molecule has 0 bridgehead atoms. The number of carbonyl (C=O) groups is 1. The highest BCUT2D eigenvalue weighted by Crippen LogP contribution is 2.31. The van der Waals surface area contributed by atoms with Gasteiger partial charge in [-0.1, -0.05) is 12.8 Å². The Hall–Kier alpha value is -1.66.